The molecule has 0 radical (unpaired) electrons. The Kier molecular flexibility index (Phi) is 3.78. The number of nitrogens with two attached hydrogens (primary N) is 1. The van der Waals surface area contributed by atoms with E-state index in [0.29, 0.717) is 6.54 Å². The van der Waals surface area contributed by atoms with Crippen LogP contribution in [0.1, 0.15) is 6.92 Å². The van der Waals surface area contributed by atoms with Crippen LogP contribution >= 0.6 is 0 Å². The summed E-state index contributed by atoms with van der Waals surface area (Å²) in [5.74, 6) is 0. The van der Waals surface area contributed by atoms with Gasteiger partial charge in [0.1, 0.15) is 0 Å². The lowest BCUT2D eigenvalue weighted by atomic mass is 10.0. The van der Waals surface area contributed by atoms with E-state index >= 15 is 0 Å². The fraction of sp³-hybridized carbons (Fsp3) is 0.200. The summed E-state index contributed by atoms with van der Waals surface area (Å²) in [5, 5.41) is 3.43. The van der Waals surface area contributed by atoms with Crippen molar-refractivity contribution in [2.24, 2.45) is 5.73 Å². The number of rotatable bonds is 4. The van der Waals surface area contributed by atoms with Gasteiger partial charge in [-0.2, -0.15) is 0 Å². The van der Waals surface area contributed by atoms with Gasteiger partial charge in [0.05, 0.1) is 0 Å². The highest BCUT2D eigenvalue weighted by molar-refractivity contribution is 5.77. The second kappa shape index (κ2) is 5.51. The Hall–Kier alpha value is -1.80. The third-order valence-electron chi connectivity index (χ3n) is 2.77. The molecule has 2 aromatic rings. The molecular formula is C15H18N2. The summed E-state index contributed by atoms with van der Waals surface area (Å²) in [6, 6.07) is 19.0. The maximum absolute atomic E-state index is 5.65. The SMILES string of the molecule is CC(CN)Nc1ccccc1-c1ccccc1. The van der Waals surface area contributed by atoms with Crippen LogP contribution in [0.5, 0.6) is 0 Å². The van der Waals surface area contributed by atoms with Gasteiger partial charge in [-0.25, -0.2) is 0 Å². The van der Waals surface area contributed by atoms with Gasteiger partial charge in [0.25, 0.3) is 0 Å². The van der Waals surface area contributed by atoms with Crippen molar-refractivity contribution < 1.29 is 0 Å². The first-order chi connectivity index (χ1) is 8.31. The molecule has 0 saturated heterocycles. The molecule has 88 valence electrons. The number of nitrogens with one attached hydrogen (secondary N) is 1. The van der Waals surface area contributed by atoms with E-state index in [-0.39, 0.29) is 6.04 Å². The normalized spacial score (nSPS) is 12.1. The van der Waals surface area contributed by atoms with Crippen LogP contribution in [0.2, 0.25) is 0 Å². The molecule has 0 aliphatic carbocycles. The molecular weight excluding hydrogens is 208 g/mol. The highest BCUT2D eigenvalue weighted by Crippen LogP contribution is 2.27. The van der Waals surface area contributed by atoms with E-state index in [1.54, 1.807) is 0 Å². The van der Waals surface area contributed by atoms with E-state index in [1.807, 2.05) is 12.1 Å². The van der Waals surface area contributed by atoms with Gasteiger partial charge in [0.2, 0.25) is 0 Å². The summed E-state index contributed by atoms with van der Waals surface area (Å²) in [6.45, 7) is 2.71. The quantitative estimate of drug-likeness (QED) is 0.840. The lowest BCUT2D eigenvalue weighted by molar-refractivity contribution is 0.804. The lowest BCUT2D eigenvalue weighted by Gasteiger charge is -2.16. The Morgan fingerprint density at radius 2 is 1.65 bits per heavy atom. The van der Waals surface area contributed by atoms with Gasteiger partial charge in [-0.3, -0.25) is 0 Å². The Morgan fingerprint density at radius 3 is 2.35 bits per heavy atom. The fourth-order valence-corrected chi connectivity index (χ4v) is 1.80. The second-order valence-electron chi connectivity index (χ2n) is 4.19. The van der Waals surface area contributed by atoms with Crippen molar-refractivity contribution in [1.82, 2.24) is 0 Å². The molecule has 2 heteroatoms. The van der Waals surface area contributed by atoms with Gasteiger partial charge < -0.3 is 11.1 Å². The van der Waals surface area contributed by atoms with Crippen molar-refractivity contribution in [3.63, 3.8) is 0 Å². The summed E-state index contributed by atoms with van der Waals surface area (Å²) >= 11 is 0. The van der Waals surface area contributed by atoms with Gasteiger partial charge in [-0.15, -0.1) is 0 Å². The van der Waals surface area contributed by atoms with Gasteiger partial charge in [-0.1, -0.05) is 48.5 Å². The number of hydrogen-bond acceptors (Lipinski definition) is 2. The third kappa shape index (κ3) is 2.86. The maximum atomic E-state index is 5.65. The second-order valence-corrected chi connectivity index (χ2v) is 4.19. The minimum absolute atomic E-state index is 0.278. The standard InChI is InChI=1S/C15H18N2/c1-12(11-16)17-15-10-6-5-9-14(15)13-7-3-2-4-8-13/h2-10,12,17H,11,16H2,1H3. The summed E-state index contributed by atoms with van der Waals surface area (Å²) in [7, 11) is 0. The van der Waals surface area contributed by atoms with Crippen LogP contribution in [0.4, 0.5) is 5.69 Å². The van der Waals surface area contributed by atoms with E-state index < -0.39 is 0 Å². The Bertz CT molecular complexity index is 465. The lowest BCUT2D eigenvalue weighted by Crippen LogP contribution is -2.25. The van der Waals surface area contributed by atoms with Crippen LogP contribution in [0.25, 0.3) is 11.1 Å². The van der Waals surface area contributed by atoms with E-state index in [9.17, 15) is 0 Å². The average Bonchev–Trinajstić information content (AvgIpc) is 2.40. The average molecular weight is 226 g/mol. The summed E-state index contributed by atoms with van der Waals surface area (Å²) in [5.41, 5.74) is 9.22. The first-order valence-corrected chi connectivity index (χ1v) is 5.92. The molecule has 0 aliphatic rings. The molecule has 17 heavy (non-hydrogen) atoms. The van der Waals surface area contributed by atoms with Crippen molar-refractivity contribution in [2.75, 3.05) is 11.9 Å². The van der Waals surface area contributed by atoms with Crippen molar-refractivity contribution in [3.8, 4) is 11.1 Å². The third-order valence-corrected chi connectivity index (χ3v) is 2.77. The van der Waals surface area contributed by atoms with Crippen LogP contribution in [-0.2, 0) is 0 Å². The Balaban J connectivity index is 2.34. The molecule has 2 aromatic carbocycles. The molecule has 3 N–H and O–H groups in total. The van der Waals surface area contributed by atoms with E-state index in [1.165, 1.54) is 11.1 Å². The van der Waals surface area contributed by atoms with Crippen LogP contribution in [-0.4, -0.2) is 12.6 Å². The van der Waals surface area contributed by atoms with Crippen molar-refractivity contribution in [1.29, 1.82) is 0 Å². The molecule has 0 amide bonds. The minimum Gasteiger partial charge on any atom is -0.381 e. The smallest absolute Gasteiger partial charge is 0.0422 e. The topological polar surface area (TPSA) is 38.0 Å². The number of benzene rings is 2. The van der Waals surface area contributed by atoms with Gasteiger partial charge >= 0.3 is 0 Å². The molecule has 1 unspecified atom stereocenters. The summed E-state index contributed by atoms with van der Waals surface area (Å²) in [6.07, 6.45) is 0. The molecule has 1 atom stereocenters. The number of para-hydroxylation sites is 1. The van der Waals surface area contributed by atoms with E-state index in [4.69, 9.17) is 5.73 Å². The van der Waals surface area contributed by atoms with Crippen LogP contribution in [0, 0.1) is 0 Å². The van der Waals surface area contributed by atoms with Gasteiger partial charge in [0, 0.05) is 23.8 Å². The summed E-state index contributed by atoms with van der Waals surface area (Å²) < 4.78 is 0. The van der Waals surface area contributed by atoms with Crippen LogP contribution in [0.15, 0.2) is 54.6 Å². The van der Waals surface area contributed by atoms with Crippen molar-refractivity contribution in [3.05, 3.63) is 54.6 Å². The molecule has 0 fully saturated rings. The predicted molar refractivity (Wildman–Crippen MR) is 74.0 cm³/mol. The highest BCUT2D eigenvalue weighted by atomic mass is 14.9. The summed E-state index contributed by atoms with van der Waals surface area (Å²) in [4.78, 5) is 0. The molecule has 0 spiro atoms. The first-order valence-electron chi connectivity index (χ1n) is 5.92. The van der Waals surface area contributed by atoms with Crippen LogP contribution in [0.3, 0.4) is 0 Å². The Labute approximate surface area is 102 Å². The fourth-order valence-electron chi connectivity index (χ4n) is 1.80. The molecule has 0 saturated carbocycles. The zero-order valence-corrected chi connectivity index (χ0v) is 10.1. The molecule has 0 heterocycles. The Morgan fingerprint density at radius 1 is 1.00 bits per heavy atom. The first kappa shape index (κ1) is 11.7. The molecule has 2 rings (SSSR count). The zero-order valence-electron chi connectivity index (χ0n) is 10.1. The van der Waals surface area contributed by atoms with E-state index in [0.717, 1.165) is 5.69 Å². The largest absolute Gasteiger partial charge is 0.381 e. The van der Waals surface area contributed by atoms with Crippen molar-refractivity contribution >= 4 is 5.69 Å². The van der Waals surface area contributed by atoms with Crippen LogP contribution < -0.4 is 11.1 Å². The van der Waals surface area contributed by atoms with Gasteiger partial charge in [-0.05, 0) is 18.6 Å². The monoisotopic (exact) mass is 226 g/mol. The number of anilines is 1. The van der Waals surface area contributed by atoms with E-state index in [2.05, 4.69) is 54.7 Å². The maximum Gasteiger partial charge on any atom is 0.0422 e. The molecule has 2 nitrogen and oxygen atoms in total. The molecule has 0 aromatic heterocycles. The molecule has 0 aliphatic heterocycles. The number of hydrogen-bond donors (Lipinski definition) is 2. The molecule has 0 bridgehead atoms. The van der Waals surface area contributed by atoms with Crippen molar-refractivity contribution in [2.45, 2.75) is 13.0 Å². The minimum atomic E-state index is 0.278. The predicted octanol–water partition coefficient (Wildman–Crippen LogP) is 3.11. The van der Waals surface area contributed by atoms with Gasteiger partial charge in [0.15, 0.2) is 0 Å². The highest BCUT2D eigenvalue weighted by Gasteiger charge is 2.05. The zero-order chi connectivity index (χ0) is 12.1.